The van der Waals surface area contributed by atoms with Crippen molar-refractivity contribution in [3.05, 3.63) is 0 Å². The molecule has 0 aliphatic heterocycles. The van der Waals surface area contributed by atoms with E-state index in [0.29, 0.717) is 0 Å². The van der Waals surface area contributed by atoms with E-state index in [0.717, 1.165) is 0 Å². The van der Waals surface area contributed by atoms with E-state index in [-0.39, 0.29) is 91.2 Å². The van der Waals surface area contributed by atoms with Crippen LogP contribution in [0.1, 0.15) is 0 Å². The van der Waals surface area contributed by atoms with Gasteiger partial charge in [0.1, 0.15) is 0 Å². The number of hydrogen-bond acceptors (Lipinski definition) is 1. The maximum Gasteiger partial charge on any atom is 0.466 e. The molecule has 0 spiro atoms. The minimum Gasteiger partial charge on any atom is -0.303 e. The van der Waals surface area contributed by atoms with Crippen molar-refractivity contribution in [2.75, 3.05) is 0 Å². The van der Waals surface area contributed by atoms with Crippen molar-refractivity contribution in [1.82, 2.24) is 0 Å². The van der Waals surface area contributed by atoms with Crippen molar-refractivity contribution < 1.29 is 110 Å². The van der Waals surface area contributed by atoms with Crippen LogP contribution < -0.4 is 0 Å². The summed E-state index contributed by atoms with van der Waals surface area (Å²) in [6.45, 7) is 0. The third-order valence-corrected chi connectivity index (χ3v) is 0. The van der Waals surface area contributed by atoms with Crippen molar-refractivity contribution in [2.45, 2.75) is 0 Å². The Hall–Kier alpha value is 3.12. The molecule has 3 N–H and O–H groups in total. The third kappa shape index (κ3) is 61.7. The molecule has 0 fully saturated rings. The first-order valence-electron chi connectivity index (χ1n) is 0.783. The second-order valence-corrected chi connectivity index (χ2v) is 1.54. The van der Waals surface area contributed by atoms with Gasteiger partial charge in [0.25, 0.3) is 0 Å². The average molecular weight is 395 g/mol. The van der Waals surface area contributed by atoms with Gasteiger partial charge in [-0.3, -0.25) is 0 Å². The van der Waals surface area contributed by atoms with Crippen LogP contribution in [0.15, 0.2) is 0 Å². The van der Waals surface area contributed by atoms with Crippen LogP contribution in [0.5, 0.6) is 0 Å². The molecular formula is H3GdO4PVY. The van der Waals surface area contributed by atoms with Crippen LogP contribution in [0.25, 0.3) is 0 Å². The van der Waals surface area contributed by atoms with E-state index in [1.807, 2.05) is 0 Å². The molecule has 0 aliphatic carbocycles. The Balaban J connectivity index is -0.0000000267. The molecule has 8 heavy (non-hydrogen) atoms. The largest absolute Gasteiger partial charge is 0.466 e. The molecule has 0 atom stereocenters. The van der Waals surface area contributed by atoms with Crippen LogP contribution in [-0.2, 0) is 55.8 Å². The van der Waals surface area contributed by atoms with Gasteiger partial charge in [0, 0.05) is 91.2 Å². The topological polar surface area (TPSA) is 77.8 Å². The second-order valence-electron chi connectivity index (χ2n) is 0.513. The first-order chi connectivity index (χ1) is 2.00. The molecule has 0 aromatic rings. The summed E-state index contributed by atoms with van der Waals surface area (Å²) in [6.07, 6.45) is 0. The molecule has 0 heterocycles. The fraction of sp³-hybridized carbons (Fsp3) is 0. The normalized spacial score (nSPS) is 7.38. The van der Waals surface area contributed by atoms with Gasteiger partial charge in [-0.1, -0.05) is 0 Å². The van der Waals surface area contributed by atoms with E-state index in [1.165, 1.54) is 0 Å². The van der Waals surface area contributed by atoms with Gasteiger partial charge < -0.3 is 14.7 Å². The molecule has 0 saturated carbocycles. The number of hydrogen-bond donors (Lipinski definition) is 3. The second kappa shape index (κ2) is 10.1. The van der Waals surface area contributed by atoms with Crippen LogP contribution in [0.2, 0.25) is 0 Å². The standard InChI is InChI=1S/Gd.H3O4P.V.Y/c;1-5(2,3)4;;/h;(H3,1,2,3,4);;. The summed E-state index contributed by atoms with van der Waals surface area (Å²) in [5.74, 6) is 0. The Labute approximate surface area is 116 Å². The van der Waals surface area contributed by atoms with Crippen molar-refractivity contribution in [3.8, 4) is 0 Å². The molecule has 48 valence electrons. The zero-order chi connectivity index (χ0) is 4.50. The molecule has 0 bridgehead atoms. The molecule has 0 aliphatic rings. The van der Waals surface area contributed by atoms with Crippen molar-refractivity contribution >= 4 is 7.82 Å². The number of phosphoric acid groups is 1. The van der Waals surface area contributed by atoms with E-state index < -0.39 is 7.82 Å². The van der Waals surface area contributed by atoms with E-state index >= 15 is 0 Å². The zero-order valence-corrected chi connectivity index (χ0v) is 11.0. The Bertz CT molecular complexity index is 62.2. The summed E-state index contributed by atoms with van der Waals surface area (Å²) < 4.78 is 8.88. The minimum absolute atomic E-state index is 0. The fourth-order valence-corrected chi connectivity index (χ4v) is 0. The van der Waals surface area contributed by atoms with Gasteiger partial charge in [0.15, 0.2) is 0 Å². The molecule has 0 amide bonds. The summed E-state index contributed by atoms with van der Waals surface area (Å²) in [6, 6.07) is 0. The maximum absolute atomic E-state index is 8.88. The summed E-state index contributed by atoms with van der Waals surface area (Å²) in [4.78, 5) is 21.6. The average Bonchev–Trinajstić information content (AvgIpc) is 0.722. The predicted molar refractivity (Wildman–Crippen MR) is 14.3 cm³/mol. The van der Waals surface area contributed by atoms with Crippen LogP contribution >= 0.6 is 7.82 Å². The van der Waals surface area contributed by atoms with Crippen LogP contribution in [0.4, 0.5) is 0 Å². The quantitative estimate of drug-likeness (QED) is 0.464. The summed E-state index contributed by atoms with van der Waals surface area (Å²) in [5.41, 5.74) is 0. The van der Waals surface area contributed by atoms with Gasteiger partial charge in [-0.15, -0.1) is 0 Å². The molecule has 0 unspecified atom stereocenters. The van der Waals surface area contributed by atoms with Gasteiger partial charge >= 0.3 is 7.82 Å². The Morgan fingerprint density at radius 2 is 1.12 bits per heavy atom. The van der Waals surface area contributed by atoms with Crippen molar-refractivity contribution in [2.24, 2.45) is 0 Å². The van der Waals surface area contributed by atoms with Crippen molar-refractivity contribution in [3.63, 3.8) is 0 Å². The fourth-order valence-electron chi connectivity index (χ4n) is 0. The molecule has 0 rings (SSSR count). The van der Waals surface area contributed by atoms with Crippen LogP contribution in [-0.4, -0.2) is 14.7 Å². The molecular weight excluding hydrogens is 392 g/mol. The van der Waals surface area contributed by atoms with Gasteiger partial charge in [-0.05, 0) is 0 Å². The van der Waals surface area contributed by atoms with Gasteiger partial charge in [0.2, 0.25) is 0 Å². The minimum atomic E-state index is -4.64. The van der Waals surface area contributed by atoms with E-state index in [4.69, 9.17) is 19.2 Å². The summed E-state index contributed by atoms with van der Waals surface area (Å²) in [5, 5.41) is 0. The predicted octanol–water partition coefficient (Wildman–Crippen LogP) is -0.934. The first kappa shape index (κ1) is 22.5. The molecule has 0 saturated heterocycles. The molecule has 8 heteroatoms. The Kier molecular flexibility index (Phi) is 28.4. The third-order valence-electron chi connectivity index (χ3n) is 0. The van der Waals surface area contributed by atoms with Gasteiger partial charge in [-0.25, -0.2) is 4.57 Å². The van der Waals surface area contributed by atoms with Crippen LogP contribution in [0, 0.1) is 39.9 Å². The molecule has 0 aromatic carbocycles. The van der Waals surface area contributed by atoms with E-state index in [2.05, 4.69) is 0 Å². The van der Waals surface area contributed by atoms with Crippen LogP contribution in [0.3, 0.4) is 0 Å². The molecule has 4 nitrogen and oxygen atoms in total. The Morgan fingerprint density at radius 3 is 1.12 bits per heavy atom. The summed E-state index contributed by atoms with van der Waals surface area (Å²) in [7, 11) is -4.64. The van der Waals surface area contributed by atoms with Gasteiger partial charge in [-0.2, -0.15) is 0 Å². The Morgan fingerprint density at radius 1 is 1.12 bits per heavy atom. The summed E-state index contributed by atoms with van der Waals surface area (Å²) >= 11 is 0. The first-order valence-corrected chi connectivity index (χ1v) is 2.35. The van der Waals surface area contributed by atoms with E-state index in [1.54, 1.807) is 0 Å². The van der Waals surface area contributed by atoms with E-state index in [9.17, 15) is 0 Å². The molecule has 0 aromatic heterocycles. The number of rotatable bonds is 0. The smallest absolute Gasteiger partial charge is 0.303 e. The van der Waals surface area contributed by atoms with Gasteiger partial charge in [0.05, 0.1) is 0 Å². The monoisotopic (exact) mass is 396 g/mol. The maximum atomic E-state index is 8.88. The van der Waals surface area contributed by atoms with Crippen molar-refractivity contribution in [1.29, 1.82) is 0 Å². The zero-order valence-electron chi connectivity index (χ0n) is 3.58. The SMILES string of the molecule is O=P(O)(O)O.[Gd].[V].[Y]. The molecule has 2 radical (unpaired) electrons.